The van der Waals surface area contributed by atoms with E-state index in [2.05, 4.69) is 20.8 Å². The summed E-state index contributed by atoms with van der Waals surface area (Å²) in [6, 6.07) is 5.15. The van der Waals surface area contributed by atoms with Crippen molar-refractivity contribution in [1.82, 2.24) is 15.5 Å². The lowest BCUT2D eigenvalue weighted by atomic mass is 10.2. The number of aromatic amines is 1. The zero-order valence-electron chi connectivity index (χ0n) is 11.3. The third kappa shape index (κ3) is 3.22. The number of carbonyl (C=O) groups excluding carboxylic acids is 1. The number of hydrogen-bond acceptors (Lipinski definition) is 5. The van der Waals surface area contributed by atoms with Crippen molar-refractivity contribution in [2.45, 2.75) is 12.5 Å². The van der Waals surface area contributed by atoms with Crippen LogP contribution in [-0.2, 0) is 14.6 Å². The second-order valence-corrected chi connectivity index (χ2v) is 7.38. The Morgan fingerprint density at radius 3 is 3.10 bits per heavy atom. The molecule has 1 fully saturated rings. The fourth-order valence-electron chi connectivity index (χ4n) is 2.50. The molecule has 8 heteroatoms. The minimum absolute atomic E-state index is 0.0102. The Morgan fingerprint density at radius 1 is 1.43 bits per heavy atom. The van der Waals surface area contributed by atoms with Crippen LogP contribution in [0.25, 0.3) is 10.9 Å². The van der Waals surface area contributed by atoms with Crippen molar-refractivity contribution < 1.29 is 13.2 Å². The number of benzene rings is 1. The van der Waals surface area contributed by atoms with E-state index in [0.717, 1.165) is 10.9 Å². The normalized spacial score (nSPS) is 21.2. The van der Waals surface area contributed by atoms with Gasteiger partial charge in [-0.15, -0.1) is 0 Å². The van der Waals surface area contributed by atoms with E-state index in [1.807, 2.05) is 12.1 Å². The summed E-state index contributed by atoms with van der Waals surface area (Å²) in [5.41, 5.74) is 1.51. The van der Waals surface area contributed by atoms with E-state index in [4.69, 9.17) is 0 Å². The van der Waals surface area contributed by atoms with Gasteiger partial charge in [0, 0.05) is 24.4 Å². The minimum atomic E-state index is -3.03. The van der Waals surface area contributed by atoms with E-state index in [1.54, 1.807) is 12.3 Å². The SMILES string of the molecule is O=C(CC1CS(=O)(=O)CCN1)Nc1cccc2[nH]ncc12. The van der Waals surface area contributed by atoms with Crippen LogP contribution in [0, 0.1) is 0 Å². The molecule has 0 bridgehead atoms. The fraction of sp³-hybridized carbons (Fsp3) is 0.385. The van der Waals surface area contributed by atoms with Gasteiger partial charge >= 0.3 is 0 Å². The summed E-state index contributed by atoms with van der Waals surface area (Å²) in [5.74, 6) is -0.0613. The van der Waals surface area contributed by atoms with Gasteiger partial charge in [0.15, 0.2) is 9.84 Å². The summed E-state index contributed by atoms with van der Waals surface area (Å²) in [7, 11) is -3.03. The van der Waals surface area contributed by atoms with Crippen molar-refractivity contribution in [3.05, 3.63) is 24.4 Å². The summed E-state index contributed by atoms with van der Waals surface area (Å²) in [6.07, 6.45) is 1.78. The molecule has 7 nitrogen and oxygen atoms in total. The van der Waals surface area contributed by atoms with Gasteiger partial charge in [-0.1, -0.05) is 6.07 Å². The number of rotatable bonds is 3. The van der Waals surface area contributed by atoms with Crippen molar-refractivity contribution in [3.63, 3.8) is 0 Å². The molecule has 1 aliphatic heterocycles. The predicted molar refractivity (Wildman–Crippen MR) is 79.8 cm³/mol. The van der Waals surface area contributed by atoms with Crippen LogP contribution in [0.3, 0.4) is 0 Å². The maximum atomic E-state index is 12.1. The highest BCUT2D eigenvalue weighted by molar-refractivity contribution is 7.91. The molecule has 3 rings (SSSR count). The number of carbonyl (C=O) groups is 1. The number of anilines is 1. The monoisotopic (exact) mass is 308 g/mol. The number of amides is 1. The second-order valence-electron chi connectivity index (χ2n) is 5.15. The lowest BCUT2D eigenvalue weighted by Crippen LogP contribution is -2.46. The van der Waals surface area contributed by atoms with Crippen molar-refractivity contribution in [1.29, 1.82) is 0 Å². The lowest BCUT2D eigenvalue weighted by Gasteiger charge is -2.23. The van der Waals surface area contributed by atoms with Gasteiger partial charge in [-0.05, 0) is 12.1 Å². The third-order valence-electron chi connectivity index (χ3n) is 3.49. The molecule has 0 spiro atoms. The number of nitrogens with zero attached hydrogens (tertiary/aromatic N) is 1. The molecule has 1 aromatic carbocycles. The van der Waals surface area contributed by atoms with Gasteiger partial charge in [0.05, 0.1) is 28.9 Å². The minimum Gasteiger partial charge on any atom is -0.325 e. The summed E-state index contributed by atoms with van der Waals surface area (Å²) in [6.45, 7) is 0.400. The van der Waals surface area contributed by atoms with Crippen LogP contribution < -0.4 is 10.6 Å². The average Bonchev–Trinajstić information content (AvgIpc) is 2.86. The van der Waals surface area contributed by atoms with Gasteiger partial charge in [0.25, 0.3) is 0 Å². The zero-order chi connectivity index (χ0) is 14.9. The quantitative estimate of drug-likeness (QED) is 0.755. The van der Waals surface area contributed by atoms with Crippen LogP contribution in [0.5, 0.6) is 0 Å². The zero-order valence-corrected chi connectivity index (χ0v) is 12.1. The standard InChI is InChI=1S/C13H16N4O3S/c18-13(6-9-8-21(19,20)5-4-14-9)16-11-2-1-3-12-10(11)7-15-17-12/h1-3,7,9,14H,4-6,8H2,(H,15,17)(H,16,18). The first-order valence-corrected chi connectivity index (χ1v) is 8.51. The molecule has 1 amide bonds. The summed E-state index contributed by atoms with van der Waals surface area (Å²) < 4.78 is 23.1. The van der Waals surface area contributed by atoms with Crippen LogP contribution in [0.15, 0.2) is 24.4 Å². The molecule has 0 saturated carbocycles. The molecule has 2 heterocycles. The van der Waals surface area contributed by atoms with Crippen molar-refractivity contribution >= 4 is 32.3 Å². The summed E-state index contributed by atoms with van der Waals surface area (Å²) in [5, 5.41) is 13.5. The first kappa shape index (κ1) is 14.0. The lowest BCUT2D eigenvalue weighted by molar-refractivity contribution is -0.116. The highest BCUT2D eigenvalue weighted by Crippen LogP contribution is 2.21. The molecule has 0 radical (unpaired) electrons. The summed E-state index contributed by atoms with van der Waals surface area (Å²) in [4.78, 5) is 12.1. The number of H-pyrrole nitrogens is 1. The van der Waals surface area contributed by atoms with E-state index in [9.17, 15) is 13.2 Å². The van der Waals surface area contributed by atoms with Crippen molar-refractivity contribution in [3.8, 4) is 0 Å². The fourth-order valence-corrected chi connectivity index (χ4v) is 3.94. The van der Waals surface area contributed by atoms with Crippen LogP contribution >= 0.6 is 0 Å². The molecule has 1 atom stereocenters. The maximum absolute atomic E-state index is 12.1. The Balaban J connectivity index is 1.68. The van der Waals surface area contributed by atoms with E-state index < -0.39 is 9.84 Å². The molecular formula is C13H16N4O3S. The van der Waals surface area contributed by atoms with Crippen molar-refractivity contribution in [2.75, 3.05) is 23.4 Å². The Kier molecular flexibility index (Phi) is 3.64. The Hall–Kier alpha value is -1.93. The number of hydrogen-bond donors (Lipinski definition) is 3. The van der Waals surface area contributed by atoms with Gasteiger partial charge in [0.1, 0.15) is 0 Å². The predicted octanol–water partition coefficient (Wildman–Crippen LogP) is 0.278. The van der Waals surface area contributed by atoms with Gasteiger partial charge in [-0.2, -0.15) is 5.10 Å². The molecule has 0 aliphatic carbocycles. The van der Waals surface area contributed by atoms with E-state index in [1.165, 1.54) is 0 Å². The third-order valence-corrected chi connectivity index (χ3v) is 5.23. The Labute approximate surface area is 122 Å². The van der Waals surface area contributed by atoms with Crippen LogP contribution in [0.4, 0.5) is 5.69 Å². The maximum Gasteiger partial charge on any atom is 0.225 e. The van der Waals surface area contributed by atoms with Crippen LogP contribution in [-0.4, -0.2) is 48.6 Å². The number of sulfone groups is 1. The van der Waals surface area contributed by atoms with Crippen LogP contribution in [0.2, 0.25) is 0 Å². The average molecular weight is 308 g/mol. The smallest absolute Gasteiger partial charge is 0.225 e. The van der Waals surface area contributed by atoms with E-state index in [0.29, 0.717) is 12.2 Å². The first-order valence-electron chi connectivity index (χ1n) is 6.69. The molecule has 2 aromatic rings. The molecule has 3 N–H and O–H groups in total. The molecule has 1 saturated heterocycles. The number of aromatic nitrogens is 2. The largest absolute Gasteiger partial charge is 0.325 e. The van der Waals surface area contributed by atoms with Crippen LogP contribution in [0.1, 0.15) is 6.42 Å². The Bertz CT molecular complexity index is 769. The Morgan fingerprint density at radius 2 is 2.29 bits per heavy atom. The van der Waals surface area contributed by atoms with Gasteiger partial charge in [-0.25, -0.2) is 8.42 Å². The van der Waals surface area contributed by atoms with Gasteiger partial charge < -0.3 is 10.6 Å². The number of fused-ring (bicyclic) bond motifs is 1. The summed E-state index contributed by atoms with van der Waals surface area (Å²) >= 11 is 0. The number of nitrogens with one attached hydrogen (secondary N) is 3. The van der Waals surface area contributed by atoms with Crippen molar-refractivity contribution in [2.24, 2.45) is 0 Å². The van der Waals surface area contributed by atoms with Gasteiger partial charge in [0.2, 0.25) is 5.91 Å². The first-order chi connectivity index (χ1) is 10.0. The topological polar surface area (TPSA) is 104 Å². The van der Waals surface area contributed by atoms with E-state index in [-0.39, 0.29) is 29.9 Å². The van der Waals surface area contributed by atoms with E-state index >= 15 is 0 Å². The second kappa shape index (κ2) is 5.45. The molecule has 21 heavy (non-hydrogen) atoms. The van der Waals surface area contributed by atoms with Gasteiger partial charge in [-0.3, -0.25) is 9.89 Å². The molecule has 1 aliphatic rings. The molecule has 112 valence electrons. The molecular weight excluding hydrogens is 292 g/mol. The highest BCUT2D eigenvalue weighted by Gasteiger charge is 2.26. The molecule has 1 unspecified atom stereocenters. The highest BCUT2D eigenvalue weighted by atomic mass is 32.2. The molecule has 1 aromatic heterocycles.